The van der Waals surface area contributed by atoms with Gasteiger partial charge in [0.15, 0.2) is 9.84 Å². The van der Waals surface area contributed by atoms with Gasteiger partial charge in [0, 0.05) is 37.6 Å². The second-order valence-corrected chi connectivity index (χ2v) is 11.6. The van der Waals surface area contributed by atoms with Crippen LogP contribution >= 0.6 is 0 Å². The maximum absolute atomic E-state index is 15.3. The quantitative estimate of drug-likeness (QED) is 0.671. The summed E-state index contributed by atoms with van der Waals surface area (Å²) in [6, 6.07) is 13.8. The third-order valence-electron chi connectivity index (χ3n) is 7.22. The van der Waals surface area contributed by atoms with Crippen LogP contribution in [0, 0.1) is 5.82 Å². The molecule has 8 heteroatoms. The minimum atomic E-state index is -3.55. The van der Waals surface area contributed by atoms with Gasteiger partial charge in [-0.2, -0.15) is 0 Å². The molecule has 3 N–H and O–H groups in total. The first kappa shape index (κ1) is 23.9. The molecule has 2 saturated heterocycles. The van der Waals surface area contributed by atoms with E-state index in [0.29, 0.717) is 43.7 Å². The first-order valence-corrected chi connectivity index (χ1v) is 13.0. The number of sulfone groups is 1. The molecule has 1 amide bonds. The molecule has 0 aromatic heterocycles. The third-order valence-corrected chi connectivity index (χ3v) is 9.87. The molecule has 0 saturated carbocycles. The summed E-state index contributed by atoms with van der Waals surface area (Å²) < 4.78 is 47.7. The highest BCUT2D eigenvalue weighted by molar-refractivity contribution is 7.92. The van der Waals surface area contributed by atoms with Crippen molar-refractivity contribution >= 4 is 15.7 Å². The van der Waals surface area contributed by atoms with Gasteiger partial charge >= 0.3 is 0 Å². The molecule has 0 radical (unpaired) electrons. The summed E-state index contributed by atoms with van der Waals surface area (Å²) in [7, 11) is -3.55. The fraction of sp³-hybridized carbons (Fsp3) is 0.480. The molecule has 0 aliphatic carbocycles. The van der Waals surface area contributed by atoms with Gasteiger partial charge in [-0.05, 0) is 48.9 Å². The van der Waals surface area contributed by atoms with E-state index in [0.717, 1.165) is 5.56 Å². The Morgan fingerprint density at radius 3 is 2.52 bits per heavy atom. The van der Waals surface area contributed by atoms with Crippen molar-refractivity contribution in [3.8, 4) is 0 Å². The van der Waals surface area contributed by atoms with Gasteiger partial charge in [-0.3, -0.25) is 4.79 Å². The highest BCUT2D eigenvalue weighted by atomic mass is 32.2. The zero-order valence-corrected chi connectivity index (χ0v) is 19.6. The molecule has 2 aromatic rings. The van der Waals surface area contributed by atoms with Crippen LogP contribution < -0.4 is 11.1 Å². The van der Waals surface area contributed by atoms with Gasteiger partial charge in [-0.25, -0.2) is 12.8 Å². The Labute approximate surface area is 194 Å². The van der Waals surface area contributed by atoms with Crippen molar-refractivity contribution in [1.29, 1.82) is 0 Å². The first-order valence-electron chi connectivity index (χ1n) is 11.4. The lowest BCUT2D eigenvalue weighted by molar-refractivity contribution is -0.120. The molecule has 178 valence electrons. The number of nitrogens with one attached hydrogen (secondary N) is 1. The summed E-state index contributed by atoms with van der Waals surface area (Å²) in [5.41, 5.74) is 6.76. The number of hydrogen-bond donors (Lipinski definition) is 2. The van der Waals surface area contributed by atoms with E-state index >= 15 is 4.39 Å². The third kappa shape index (κ3) is 4.83. The van der Waals surface area contributed by atoms with Crippen LogP contribution in [-0.4, -0.2) is 45.4 Å². The maximum Gasteiger partial charge on any atom is 0.218 e. The molecular formula is C25H31FN2O4S. The number of benzene rings is 2. The summed E-state index contributed by atoms with van der Waals surface area (Å²) in [6.45, 7) is 3.14. The van der Waals surface area contributed by atoms with E-state index in [-0.39, 0.29) is 18.9 Å². The van der Waals surface area contributed by atoms with Crippen LogP contribution in [0.4, 0.5) is 4.39 Å². The first-order chi connectivity index (χ1) is 15.7. The zero-order chi connectivity index (χ0) is 23.6. The molecule has 0 bridgehead atoms. The van der Waals surface area contributed by atoms with Crippen LogP contribution in [0.2, 0.25) is 0 Å². The fourth-order valence-corrected chi connectivity index (χ4v) is 7.59. The lowest BCUT2D eigenvalue weighted by atomic mass is 9.71. The van der Waals surface area contributed by atoms with Crippen LogP contribution in [0.3, 0.4) is 0 Å². The Morgan fingerprint density at radius 2 is 1.88 bits per heavy atom. The van der Waals surface area contributed by atoms with Crippen molar-refractivity contribution in [2.45, 2.75) is 54.6 Å². The normalized spacial score (nSPS) is 26.5. The zero-order valence-electron chi connectivity index (χ0n) is 18.8. The lowest BCUT2D eigenvalue weighted by Gasteiger charge is -2.37. The minimum absolute atomic E-state index is 0.0812. The number of ether oxygens (including phenoxy) is 1. The van der Waals surface area contributed by atoms with Gasteiger partial charge in [0.2, 0.25) is 5.91 Å². The van der Waals surface area contributed by atoms with Crippen molar-refractivity contribution in [2.24, 2.45) is 5.73 Å². The van der Waals surface area contributed by atoms with E-state index in [4.69, 9.17) is 10.5 Å². The number of amides is 1. The second-order valence-electron chi connectivity index (χ2n) is 9.27. The van der Waals surface area contributed by atoms with E-state index < -0.39 is 37.5 Å². The van der Waals surface area contributed by atoms with E-state index in [9.17, 15) is 13.2 Å². The molecular weight excluding hydrogens is 443 g/mol. The maximum atomic E-state index is 15.3. The Kier molecular flexibility index (Phi) is 6.88. The van der Waals surface area contributed by atoms with Crippen LogP contribution in [0.15, 0.2) is 48.5 Å². The van der Waals surface area contributed by atoms with E-state index in [1.54, 1.807) is 6.07 Å². The van der Waals surface area contributed by atoms with Gasteiger partial charge in [0.25, 0.3) is 0 Å². The topological polar surface area (TPSA) is 98.5 Å². The number of halogens is 1. The summed E-state index contributed by atoms with van der Waals surface area (Å²) in [5, 5.41) is 1.89. The Morgan fingerprint density at radius 1 is 1.18 bits per heavy atom. The number of hydrogen-bond acceptors (Lipinski definition) is 5. The second kappa shape index (κ2) is 9.52. The SMILES string of the molecule is C[C@@H]1NC[C@@H](c2ccccc2)S(=O)(=O)C1Cc1ccc(C2(CC(N)=O)CCOCC2)cc1F. The van der Waals surface area contributed by atoms with Gasteiger partial charge in [0.05, 0.1) is 10.5 Å². The molecule has 2 heterocycles. The van der Waals surface area contributed by atoms with Gasteiger partial charge in [-0.1, -0.05) is 42.5 Å². The summed E-state index contributed by atoms with van der Waals surface area (Å²) in [5.74, 6) is -0.881. The highest BCUT2D eigenvalue weighted by Gasteiger charge is 2.43. The Hall–Kier alpha value is -2.29. The van der Waals surface area contributed by atoms with Crippen molar-refractivity contribution in [2.75, 3.05) is 19.8 Å². The number of carbonyl (C=O) groups excluding carboxylic acids is 1. The van der Waals surface area contributed by atoms with E-state index in [1.165, 1.54) is 6.07 Å². The molecule has 2 aliphatic heterocycles. The molecule has 2 fully saturated rings. The van der Waals surface area contributed by atoms with Crippen molar-refractivity contribution in [3.05, 3.63) is 71.0 Å². The van der Waals surface area contributed by atoms with Gasteiger partial charge < -0.3 is 15.8 Å². The van der Waals surface area contributed by atoms with Crippen molar-refractivity contribution in [1.82, 2.24) is 5.32 Å². The summed E-state index contributed by atoms with van der Waals surface area (Å²) in [6.07, 6.45) is 1.39. The number of carbonyl (C=O) groups is 1. The van der Waals surface area contributed by atoms with Crippen molar-refractivity contribution < 1.29 is 22.3 Å². The lowest BCUT2D eigenvalue weighted by Crippen LogP contribution is -2.53. The molecule has 0 spiro atoms. The molecule has 3 atom stereocenters. The molecule has 4 rings (SSSR count). The highest BCUT2D eigenvalue weighted by Crippen LogP contribution is 2.39. The molecule has 6 nitrogen and oxygen atoms in total. The number of primary amides is 1. The Balaban J connectivity index is 1.61. The average Bonchev–Trinajstić information content (AvgIpc) is 2.78. The standard InChI is InChI=1S/C25H31FN2O4S/c1-17-22(33(30,31)23(16-28-17)18-5-3-2-4-6-18)13-19-7-8-20(14-21(19)26)25(15-24(27)29)9-11-32-12-10-25/h2-8,14,17,22-23,28H,9-13,15-16H2,1H3,(H2,27,29)/t17-,22?,23-/m0/s1. The van der Waals surface area contributed by atoms with Crippen LogP contribution in [-0.2, 0) is 31.2 Å². The van der Waals surface area contributed by atoms with Crippen LogP contribution in [0.1, 0.15) is 48.1 Å². The Bertz CT molecular complexity index is 1100. The molecule has 2 aromatic carbocycles. The predicted octanol–water partition coefficient (Wildman–Crippen LogP) is 2.81. The van der Waals surface area contributed by atoms with E-state index in [2.05, 4.69) is 5.32 Å². The van der Waals surface area contributed by atoms with E-state index in [1.807, 2.05) is 43.3 Å². The molecule has 33 heavy (non-hydrogen) atoms. The van der Waals surface area contributed by atoms with Crippen molar-refractivity contribution in [3.63, 3.8) is 0 Å². The summed E-state index contributed by atoms with van der Waals surface area (Å²) in [4.78, 5) is 11.7. The minimum Gasteiger partial charge on any atom is -0.381 e. The summed E-state index contributed by atoms with van der Waals surface area (Å²) >= 11 is 0. The number of nitrogens with two attached hydrogens (primary N) is 1. The van der Waals surface area contributed by atoms with Crippen LogP contribution in [0.5, 0.6) is 0 Å². The number of rotatable bonds is 6. The average molecular weight is 475 g/mol. The molecule has 1 unspecified atom stereocenters. The van der Waals surface area contributed by atoms with Gasteiger partial charge in [-0.15, -0.1) is 0 Å². The fourth-order valence-electron chi connectivity index (χ4n) is 5.23. The van der Waals surface area contributed by atoms with Gasteiger partial charge in [0.1, 0.15) is 5.82 Å². The van der Waals surface area contributed by atoms with Crippen LogP contribution in [0.25, 0.3) is 0 Å². The molecule has 2 aliphatic rings. The largest absolute Gasteiger partial charge is 0.381 e. The monoisotopic (exact) mass is 474 g/mol. The predicted molar refractivity (Wildman–Crippen MR) is 125 cm³/mol. The smallest absolute Gasteiger partial charge is 0.218 e.